The minimum Gasteiger partial charge on any atom is -0.394 e. The Morgan fingerprint density at radius 2 is 0.957 bits per heavy atom. The second kappa shape index (κ2) is 42.1. The van der Waals surface area contributed by atoms with E-state index in [1.807, 2.05) is 6.08 Å². The second-order valence-corrected chi connectivity index (χ2v) is 19.3. The fourth-order valence-corrected chi connectivity index (χ4v) is 8.65. The van der Waals surface area contributed by atoms with Crippen molar-refractivity contribution in [2.24, 2.45) is 0 Å². The highest BCUT2D eigenvalue weighted by Crippen LogP contribution is 2.30. The van der Waals surface area contributed by atoms with Crippen molar-refractivity contribution in [3.63, 3.8) is 0 Å². The molecule has 0 saturated carbocycles. The molecule has 0 aliphatic carbocycles. The lowest BCUT2D eigenvalue weighted by atomic mass is 9.97. The van der Waals surface area contributed by atoms with Crippen LogP contribution in [0.2, 0.25) is 0 Å². The van der Waals surface area contributed by atoms with E-state index in [9.17, 15) is 45.6 Å². The van der Waals surface area contributed by atoms with E-state index >= 15 is 0 Å². The highest BCUT2D eigenvalue weighted by Gasteiger charge is 2.51. The third kappa shape index (κ3) is 28.2. The van der Waals surface area contributed by atoms with E-state index in [1.165, 1.54) is 96.3 Å². The van der Waals surface area contributed by atoms with Gasteiger partial charge in [-0.15, -0.1) is 0 Å². The molecule has 2 aliphatic heterocycles. The first kappa shape index (κ1) is 63.8. The van der Waals surface area contributed by atoms with Crippen LogP contribution >= 0.6 is 0 Å². The monoisotopic (exact) mass is 994 g/mol. The number of hydrogen-bond acceptors (Lipinski definition) is 13. The van der Waals surface area contributed by atoms with Gasteiger partial charge in [-0.25, -0.2) is 0 Å². The quantitative estimate of drug-likeness (QED) is 0.0208. The lowest BCUT2D eigenvalue weighted by Gasteiger charge is -2.46. The molecule has 0 spiro atoms. The summed E-state index contributed by atoms with van der Waals surface area (Å²) in [7, 11) is 0. The van der Waals surface area contributed by atoms with Crippen molar-refractivity contribution >= 4 is 5.91 Å². The van der Waals surface area contributed by atoms with E-state index in [2.05, 4.69) is 67.8 Å². The molecule has 2 fully saturated rings. The van der Waals surface area contributed by atoms with Crippen LogP contribution < -0.4 is 5.32 Å². The highest BCUT2D eigenvalue weighted by molar-refractivity contribution is 5.76. The molecule has 9 N–H and O–H groups in total. The molecule has 1 amide bonds. The predicted molar refractivity (Wildman–Crippen MR) is 277 cm³/mol. The first-order valence-corrected chi connectivity index (χ1v) is 27.5. The Morgan fingerprint density at radius 3 is 1.50 bits per heavy atom. The molecule has 2 heterocycles. The van der Waals surface area contributed by atoms with Gasteiger partial charge in [-0.05, 0) is 77.0 Å². The summed E-state index contributed by atoms with van der Waals surface area (Å²) < 4.78 is 22.7. The van der Waals surface area contributed by atoms with E-state index in [1.54, 1.807) is 6.08 Å². The maximum atomic E-state index is 13.2. The Kier molecular flexibility index (Phi) is 38.4. The molecule has 2 aliphatic rings. The molecule has 0 aromatic carbocycles. The smallest absolute Gasteiger partial charge is 0.220 e. The summed E-state index contributed by atoms with van der Waals surface area (Å²) in [6, 6.07) is -0.943. The van der Waals surface area contributed by atoms with Crippen LogP contribution in [0.15, 0.2) is 60.8 Å². The van der Waals surface area contributed by atoms with Crippen LogP contribution in [0.4, 0.5) is 0 Å². The molecule has 0 aromatic heterocycles. The van der Waals surface area contributed by atoms with Crippen molar-refractivity contribution in [2.45, 2.75) is 267 Å². The molecule has 12 atom stereocenters. The molecule has 0 bridgehead atoms. The van der Waals surface area contributed by atoms with Gasteiger partial charge < -0.3 is 65.1 Å². The molecule has 70 heavy (non-hydrogen) atoms. The number of carbonyl (C=O) groups excluding carboxylic acids is 1. The fraction of sp³-hybridized carbons (Fsp3) is 0.804. The number of rotatable bonds is 42. The van der Waals surface area contributed by atoms with Gasteiger partial charge in [0.05, 0.1) is 32.0 Å². The Bertz CT molecular complexity index is 1410. The molecular weight excluding hydrogens is 895 g/mol. The molecule has 14 heteroatoms. The first-order chi connectivity index (χ1) is 34.1. The van der Waals surface area contributed by atoms with E-state index < -0.39 is 86.8 Å². The van der Waals surface area contributed by atoms with Crippen molar-refractivity contribution < 1.29 is 64.6 Å². The Labute approximate surface area is 422 Å². The number of aliphatic hydroxyl groups excluding tert-OH is 8. The number of hydrogen-bond donors (Lipinski definition) is 9. The van der Waals surface area contributed by atoms with Crippen LogP contribution in [0.25, 0.3) is 0 Å². The summed E-state index contributed by atoms with van der Waals surface area (Å²) in [6.45, 7) is 2.73. The molecular formula is C56H99NO13. The molecule has 0 aromatic rings. The van der Waals surface area contributed by atoms with Gasteiger partial charge in [0.1, 0.15) is 48.8 Å². The van der Waals surface area contributed by atoms with Crippen LogP contribution in [-0.2, 0) is 23.7 Å². The average molecular weight is 994 g/mol. The summed E-state index contributed by atoms with van der Waals surface area (Å²) in [5.41, 5.74) is 0. The maximum Gasteiger partial charge on any atom is 0.220 e. The van der Waals surface area contributed by atoms with Gasteiger partial charge in [0, 0.05) is 6.42 Å². The molecule has 2 saturated heterocycles. The van der Waals surface area contributed by atoms with Crippen LogP contribution in [0.3, 0.4) is 0 Å². The van der Waals surface area contributed by atoms with Crippen molar-refractivity contribution in [1.82, 2.24) is 5.32 Å². The zero-order chi connectivity index (χ0) is 51.0. The predicted octanol–water partition coefficient (Wildman–Crippen LogP) is 8.22. The van der Waals surface area contributed by atoms with Crippen molar-refractivity contribution in [1.29, 1.82) is 0 Å². The van der Waals surface area contributed by atoms with Crippen LogP contribution in [0.5, 0.6) is 0 Å². The minimum atomic E-state index is -1.79. The first-order valence-electron chi connectivity index (χ1n) is 27.5. The van der Waals surface area contributed by atoms with Gasteiger partial charge in [-0.2, -0.15) is 0 Å². The lowest BCUT2D eigenvalue weighted by molar-refractivity contribution is -0.359. The number of ether oxygens (including phenoxy) is 4. The highest BCUT2D eigenvalue weighted by atomic mass is 16.7. The number of allylic oxidation sites excluding steroid dienone is 9. The fourth-order valence-electron chi connectivity index (χ4n) is 8.65. The topological polar surface area (TPSA) is 228 Å². The summed E-state index contributed by atoms with van der Waals surface area (Å²) in [5, 5.41) is 86.9. The largest absolute Gasteiger partial charge is 0.394 e. The van der Waals surface area contributed by atoms with Crippen LogP contribution in [-0.4, -0.2) is 140 Å². The molecule has 12 unspecified atom stereocenters. The van der Waals surface area contributed by atoms with Crippen molar-refractivity contribution in [3.05, 3.63) is 60.8 Å². The van der Waals surface area contributed by atoms with Crippen molar-refractivity contribution in [3.8, 4) is 0 Å². The molecule has 406 valence electrons. The Morgan fingerprint density at radius 1 is 0.514 bits per heavy atom. The third-order valence-corrected chi connectivity index (χ3v) is 13.2. The average Bonchev–Trinajstić information content (AvgIpc) is 3.36. The summed E-state index contributed by atoms with van der Waals surface area (Å²) >= 11 is 0. The third-order valence-electron chi connectivity index (χ3n) is 13.2. The van der Waals surface area contributed by atoms with Gasteiger partial charge >= 0.3 is 0 Å². The van der Waals surface area contributed by atoms with E-state index in [0.29, 0.717) is 12.8 Å². The summed E-state index contributed by atoms with van der Waals surface area (Å²) in [6.07, 6.45) is 35.4. The zero-order valence-corrected chi connectivity index (χ0v) is 43.2. The van der Waals surface area contributed by atoms with E-state index in [4.69, 9.17) is 18.9 Å². The van der Waals surface area contributed by atoms with Crippen LogP contribution in [0.1, 0.15) is 194 Å². The van der Waals surface area contributed by atoms with Crippen LogP contribution in [0, 0.1) is 0 Å². The second-order valence-electron chi connectivity index (χ2n) is 19.3. The number of unbranched alkanes of at least 4 members (excludes halogenated alkanes) is 21. The number of nitrogens with one attached hydrogen (secondary N) is 1. The molecule has 0 radical (unpaired) electrons. The maximum absolute atomic E-state index is 13.2. The normalized spacial score (nSPS) is 26.4. The van der Waals surface area contributed by atoms with Gasteiger partial charge in [0.2, 0.25) is 5.91 Å². The minimum absolute atomic E-state index is 0.259. The van der Waals surface area contributed by atoms with Gasteiger partial charge in [-0.1, -0.05) is 171 Å². The number of aliphatic hydroxyl groups is 8. The SMILES string of the molecule is CCCCCC/C=C\C/C=C\CCCCCCCCCC(=O)NC(COC1OC(CO)C(OC2OC(CO)C(O)C(O)C2O)C(O)C1O)C(O)/C=C/CC/C=C/CC/C=C/CCCCCCCCCC. The van der Waals surface area contributed by atoms with E-state index in [-0.39, 0.29) is 18.9 Å². The molecule has 14 nitrogen and oxygen atoms in total. The van der Waals surface area contributed by atoms with E-state index in [0.717, 1.165) is 64.2 Å². The zero-order valence-electron chi connectivity index (χ0n) is 43.2. The van der Waals surface area contributed by atoms with Gasteiger partial charge in [0.25, 0.3) is 0 Å². The Hall–Kier alpha value is -2.31. The Balaban J connectivity index is 1.85. The number of amides is 1. The molecule has 2 rings (SSSR count). The summed E-state index contributed by atoms with van der Waals surface area (Å²) in [4.78, 5) is 13.2. The standard InChI is InChI=1S/C56H99NO13/c1-3-5-7-9-11-13-15-17-19-21-23-25-27-29-31-33-35-37-39-45(60)44(57-48(61)40-38-36-34-32-30-28-26-24-22-20-18-16-14-12-10-8-6-4-2)43-67-55-53(66)51(64)54(47(42-59)69-55)70-56-52(65)50(63)49(62)46(41-58)68-56/h14,16,20-23,29,31,37,39,44-47,49-56,58-60,62-66H,3-13,15,17-19,24-28,30,32-36,38,40-43H2,1-2H3,(H,57,61)/b16-14-,22-20-,23-21+,31-29+,39-37+. The van der Waals surface area contributed by atoms with Crippen molar-refractivity contribution in [2.75, 3.05) is 19.8 Å². The van der Waals surface area contributed by atoms with Gasteiger partial charge in [-0.3, -0.25) is 4.79 Å². The summed E-state index contributed by atoms with van der Waals surface area (Å²) in [5.74, 6) is -0.264. The number of carbonyl (C=O) groups is 1. The van der Waals surface area contributed by atoms with Gasteiger partial charge in [0.15, 0.2) is 12.6 Å². The lowest BCUT2D eigenvalue weighted by Crippen LogP contribution is -2.65.